The summed E-state index contributed by atoms with van der Waals surface area (Å²) in [7, 11) is 1.99. The fourth-order valence-corrected chi connectivity index (χ4v) is 2.53. The molecule has 0 heterocycles. The van der Waals surface area contributed by atoms with Crippen LogP contribution in [0.2, 0.25) is 0 Å². The van der Waals surface area contributed by atoms with E-state index in [9.17, 15) is 4.39 Å². The van der Waals surface area contributed by atoms with Crippen LogP contribution in [0, 0.1) is 11.2 Å². The van der Waals surface area contributed by atoms with Crippen molar-refractivity contribution in [1.29, 1.82) is 0 Å². The monoisotopic (exact) mass is 271 g/mol. The first kappa shape index (κ1) is 11.1. The van der Waals surface area contributed by atoms with E-state index in [0.29, 0.717) is 5.41 Å². The number of hydrogen-bond acceptors (Lipinski definition) is 1. The van der Waals surface area contributed by atoms with Gasteiger partial charge in [0.25, 0.3) is 0 Å². The van der Waals surface area contributed by atoms with Crippen LogP contribution in [0.1, 0.15) is 18.4 Å². The van der Waals surface area contributed by atoms with E-state index in [-0.39, 0.29) is 5.82 Å². The third-order valence-electron chi connectivity index (χ3n) is 3.09. The summed E-state index contributed by atoms with van der Waals surface area (Å²) >= 11 is 3.42. The summed E-state index contributed by atoms with van der Waals surface area (Å²) in [6.07, 6.45) is 3.59. The van der Waals surface area contributed by atoms with Crippen LogP contribution in [0.15, 0.2) is 22.7 Å². The lowest BCUT2D eigenvalue weighted by molar-refractivity contribution is 0.477. The fraction of sp³-hybridized carbons (Fsp3) is 0.500. The van der Waals surface area contributed by atoms with Gasteiger partial charge in [0.1, 0.15) is 5.82 Å². The smallest absolute Gasteiger partial charge is 0.124 e. The summed E-state index contributed by atoms with van der Waals surface area (Å²) in [6.45, 7) is 1.05. The Labute approximate surface area is 98.2 Å². The minimum atomic E-state index is -0.177. The van der Waals surface area contributed by atoms with Gasteiger partial charge in [-0.15, -0.1) is 0 Å². The zero-order chi connectivity index (χ0) is 10.9. The zero-order valence-corrected chi connectivity index (χ0v) is 10.4. The molecule has 1 aromatic carbocycles. The second-order valence-corrected chi connectivity index (χ2v) is 5.30. The minimum absolute atomic E-state index is 0.177. The predicted molar refractivity (Wildman–Crippen MR) is 63.4 cm³/mol. The summed E-state index contributed by atoms with van der Waals surface area (Å²) in [5.41, 5.74) is 1.64. The summed E-state index contributed by atoms with van der Waals surface area (Å²) in [5, 5.41) is 3.23. The maximum absolute atomic E-state index is 12.9. The molecule has 0 radical (unpaired) electrons. The van der Waals surface area contributed by atoms with Crippen LogP contribution in [-0.2, 0) is 6.42 Å². The second-order valence-electron chi connectivity index (χ2n) is 4.44. The summed E-state index contributed by atoms with van der Waals surface area (Å²) in [5.74, 6) is -0.177. The molecule has 0 unspecified atom stereocenters. The van der Waals surface area contributed by atoms with Crippen molar-refractivity contribution in [3.05, 3.63) is 34.1 Å². The van der Waals surface area contributed by atoms with Gasteiger partial charge in [0.05, 0.1) is 0 Å². The van der Waals surface area contributed by atoms with E-state index in [1.165, 1.54) is 24.5 Å². The largest absolute Gasteiger partial charge is 0.319 e. The highest BCUT2D eigenvalue weighted by Crippen LogP contribution is 2.48. The van der Waals surface area contributed by atoms with Crippen LogP contribution in [0.5, 0.6) is 0 Å². The van der Waals surface area contributed by atoms with Gasteiger partial charge in [-0.2, -0.15) is 0 Å². The summed E-state index contributed by atoms with van der Waals surface area (Å²) < 4.78 is 13.8. The van der Waals surface area contributed by atoms with Gasteiger partial charge in [-0.3, -0.25) is 0 Å². The molecule has 82 valence electrons. The Balaban J connectivity index is 2.11. The lowest BCUT2D eigenvalue weighted by Gasteiger charge is -2.15. The van der Waals surface area contributed by atoms with Crippen molar-refractivity contribution in [2.75, 3.05) is 13.6 Å². The molecule has 1 aliphatic carbocycles. The normalized spacial score (nSPS) is 17.8. The second kappa shape index (κ2) is 4.22. The molecule has 1 nitrogen and oxygen atoms in total. The molecule has 1 aromatic rings. The molecule has 0 aliphatic heterocycles. The van der Waals surface area contributed by atoms with Gasteiger partial charge < -0.3 is 5.32 Å². The van der Waals surface area contributed by atoms with Gasteiger partial charge in [-0.1, -0.05) is 22.0 Å². The van der Waals surface area contributed by atoms with Crippen LogP contribution < -0.4 is 5.32 Å². The van der Waals surface area contributed by atoms with E-state index in [0.717, 1.165) is 17.4 Å². The summed E-state index contributed by atoms with van der Waals surface area (Å²) in [6, 6.07) is 4.97. The van der Waals surface area contributed by atoms with Gasteiger partial charge in [-0.25, -0.2) is 4.39 Å². The fourth-order valence-electron chi connectivity index (χ4n) is 2.04. The van der Waals surface area contributed by atoms with Crippen LogP contribution in [0.3, 0.4) is 0 Å². The number of hydrogen-bond donors (Lipinski definition) is 1. The van der Waals surface area contributed by atoms with Crippen molar-refractivity contribution < 1.29 is 4.39 Å². The van der Waals surface area contributed by atoms with Gasteiger partial charge in [0, 0.05) is 11.0 Å². The van der Waals surface area contributed by atoms with Crippen LogP contribution in [0.4, 0.5) is 4.39 Å². The summed E-state index contributed by atoms with van der Waals surface area (Å²) in [4.78, 5) is 0. The van der Waals surface area contributed by atoms with Crippen LogP contribution >= 0.6 is 15.9 Å². The molecule has 1 fully saturated rings. The molecule has 3 heteroatoms. The maximum Gasteiger partial charge on any atom is 0.124 e. The third-order valence-corrected chi connectivity index (χ3v) is 3.83. The lowest BCUT2D eigenvalue weighted by Crippen LogP contribution is -2.22. The predicted octanol–water partition coefficient (Wildman–Crippen LogP) is 3.13. The Kier molecular flexibility index (Phi) is 3.12. The zero-order valence-electron chi connectivity index (χ0n) is 8.82. The molecule has 0 atom stereocenters. The van der Waals surface area contributed by atoms with E-state index in [2.05, 4.69) is 21.2 Å². The van der Waals surface area contributed by atoms with E-state index >= 15 is 0 Å². The molecule has 1 N–H and O–H groups in total. The Morgan fingerprint density at radius 2 is 2.20 bits per heavy atom. The molecule has 1 saturated carbocycles. The molecule has 2 rings (SSSR count). The van der Waals surface area contributed by atoms with Crippen molar-refractivity contribution in [2.45, 2.75) is 19.3 Å². The average Bonchev–Trinajstić information content (AvgIpc) is 2.91. The van der Waals surface area contributed by atoms with Gasteiger partial charge in [-0.05, 0) is 49.4 Å². The SMILES string of the molecule is CNCC1(Cc2ccc(F)cc2Br)CC1. The third kappa shape index (κ3) is 2.58. The molecule has 15 heavy (non-hydrogen) atoms. The van der Waals surface area contributed by atoms with E-state index in [1.54, 1.807) is 6.07 Å². The highest BCUT2D eigenvalue weighted by molar-refractivity contribution is 9.10. The first-order valence-electron chi connectivity index (χ1n) is 5.24. The topological polar surface area (TPSA) is 12.0 Å². The quantitative estimate of drug-likeness (QED) is 0.888. The number of nitrogens with one attached hydrogen (secondary N) is 1. The molecule has 0 spiro atoms. The Bertz CT molecular complexity index is 361. The van der Waals surface area contributed by atoms with Crippen LogP contribution in [-0.4, -0.2) is 13.6 Å². The van der Waals surface area contributed by atoms with E-state index in [1.807, 2.05) is 13.1 Å². The van der Waals surface area contributed by atoms with E-state index in [4.69, 9.17) is 0 Å². The van der Waals surface area contributed by atoms with Crippen molar-refractivity contribution in [3.63, 3.8) is 0 Å². The first-order chi connectivity index (χ1) is 7.15. The molecular weight excluding hydrogens is 257 g/mol. The lowest BCUT2D eigenvalue weighted by atomic mass is 9.96. The highest BCUT2D eigenvalue weighted by atomic mass is 79.9. The van der Waals surface area contributed by atoms with Crippen LogP contribution in [0.25, 0.3) is 0 Å². The van der Waals surface area contributed by atoms with E-state index < -0.39 is 0 Å². The van der Waals surface area contributed by atoms with Crippen molar-refractivity contribution >= 4 is 15.9 Å². The standard InChI is InChI=1S/C12H15BrFN/c1-15-8-12(4-5-12)7-9-2-3-10(14)6-11(9)13/h2-3,6,15H,4-5,7-8H2,1H3. The average molecular weight is 272 g/mol. The first-order valence-corrected chi connectivity index (χ1v) is 6.03. The Morgan fingerprint density at radius 3 is 2.73 bits per heavy atom. The molecule has 0 amide bonds. The maximum atomic E-state index is 12.9. The highest BCUT2D eigenvalue weighted by Gasteiger charge is 2.41. The van der Waals surface area contributed by atoms with Gasteiger partial charge in [0.15, 0.2) is 0 Å². The Morgan fingerprint density at radius 1 is 1.47 bits per heavy atom. The minimum Gasteiger partial charge on any atom is -0.319 e. The number of benzene rings is 1. The van der Waals surface area contributed by atoms with Crippen molar-refractivity contribution in [1.82, 2.24) is 5.32 Å². The van der Waals surface area contributed by atoms with Crippen molar-refractivity contribution in [2.24, 2.45) is 5.41 Å². The van der Waals surface area contributed by atoms with Gasteiger partial charge in [0.2, 0.25) is 0 Å². The molecule has 0 saturated heterocycles. The number of rotatable bonds is 4. The Hall–Kier alpha value is -0.410. The molecule has 1 aliphatic rings. The molecule has 0 bridgehead atoms. The molecular formula is C12H15BrFN. The van der Waals surface area contributed by atoms with Gasteiger partial charge >= 0.3 is 0 Å². The van der Waals surface area contributed by atoms with Crippen molar-refractivity contribution in [3.8, 4) is 0 Å². The number of halogens is 2. The molecule has 0 aromatic heterocycles.